The van der Waals surface area contributed by atoms with Gasteiger partial charge in [-0.1, -0.05) is 11.6 Å². The van der Waals surface area contributed by atoms with Gasteiger partial charge in [0, 0.05) is 37.8 Å². The Morgan fingerprint density at radius 2 is 2.27 bits per heavy atom. The Morgan fingerprint density at radius 1 is 1.45 bits per heavy atom. The molecule has 1 atom stereocenters. The second kappa shape index (κ2) is 7.98. The van der Waals surface area contributed by atoms with E-state index in [1.54, 1.807) is 24.1 Å². The molecule has 1 saturated heterocycles. The van der Waals surface area contributed by atoms with Gasteiger partial charge in [-0.2, -0.15) is 0 Å². The standard InChI is InChI=1S/C15H19ClN2O4/c1-2-21-15(20)4-3-14(19)18-8-6-11(10-18)22-13-5-7-17-9-12(13)16/h5,7,9,11H,2-4,6,8,10H2,1H3. The van der Waals surface area contributed by atoms with Crippen LogP contribution in [0, 0.1) is 0 Å². The summed E-state index contributed by atoms with van der Waals surface area (Å²) in [5.74, 6) is 0.175. The van der Waals surface area contributed by atoms with Gasteiger partial charge in [0.25, 0.3) is 0 Å². The predicted molar refractivity (Wildman–Crippen MR) is 80.7 cm³/mol. The molecule has 2 rings (SSSR count). The zero-order chi connectivity index (χ0) is 15.9. The summed E-state index contributed by atoms with van der Waals surface area (Å²) < 4.78 is 10.6. The largest absolute Gasteiger partial charge is 0.487 e. The molecule has 1 amide bonds. The summed E-state index contributed by atoms with van der Waals surface area (Å²) in [5.41, 5.74) is 0. The van der Waals surface area contributed by atoms with Crippen LogP contribution in [0.4, 0.5) is 0 Å². The molecule has 6 nitrogen and oxygen atoms in total. The van der Waals surface area contributed by atoms with Crippen LogP contribution in [0.25, 0.3) is 0 Å². The first-order chi connectivity index (χ1) is 10.6. The van der Waals surface area contributed by atoms with Gasteiger partial charge < -0.3 is 14.4 Å². The highest BCUT2D eigenvalue weighted by Gasteiger charge is 2.28. The Kier molecular flexibility index (Phi) is 6.00. The van der Waals surface area contributed by atoms with E-state index in [-0.39, 0.29) is 30.8 Å². The van der Waals surface area contributed by atoms with Crippen molar-refractivity contribution < 1.29 is 19.1 Å². The molecule has 2 heterocycles. The Balaban J connectivity index is 1.78. The van der Waals surface area contributed by atoms with Crippen LogP contribution in [0.15, 0.2) is 18.5 Å². The van der Waals surface area contributed by atoms with Crippen molar-refractivity contribution in [3.63, 3.8) is 0 Å². The Labute approximate surface area is 134 Å². The van der Waals surface area contributed by atoms with Crippen LogP contribution in [0.5, 0.6) is 5.75 Å². The van der Waals surface area contributed by atoms with Crippen molar-refractivity contribution in [1.29, 1.82) is 0 Å². The average molecular weight is 327 g/mol. The molecule has 0 radical (unpaired) electrons. The summed E-state index contributed by atoms with van der Waals surface area (Å²) in [7, 11) is 0. The number of carbonyl (C=O) groups is 2. The monoisotopic (exact) mass is 326 g/mol. The number of hydrogen-bond acceptors (Lipinski definition) is 5. The first-order valence-corrected chi connectivity index (χ1v) is 7.67. The molecule has 120 valence electrons. The van der Waals surface area contributed by atoms with Gasteiger partial charge in [-0.25, -0.2) is 0 Å². The molecule has 0 aliphatic carbocycles. The average Bonchev–Trinajstić information content (AvgIpc) is 2.96. The fourth-order valence-electron chi connectivity index (χ4n) is 2.29. The molecule has 0 saturated carbocycles. The molecule has 0 bridgehead atoms. The SMILES string of the molecule is CCOC(=O)CCC(=O)N1CCC(Oc2ccncc2Cl)C1. The molecule has 7 heteroatoms. The highest BCUT2D eigenvalue weighted by molar-refractivity contribution is 6.31. The quantitative estimate of drug-likeness (QED) is 0.748. The lowest BCUT2D eigenvalue weighted by Crippen LogP contribution is -2.31. The minimum Gasteiger partial charge on any atom is -0.487 e. The predicted octanol–water partition coefficient (Wildman–Crippen LogP) is 2.06. The molecular formula is C15H19ClN2O4. The third-order valence-corrected chi connectivity index (χ3v) is 3.66. The number of carbonyl (C=O) groups excluding carboxylic acids is 2. The number of likely N-dealkylation sites (tertiary alicyclic amines) is 1. The number of ether oxygens (including phenoxy) is 2. The zero-order valence-electron chi connectivity index (χ0n) is 12.5. The molecule has 1 fully saturated rings. The van der Waals surface area contributed by atoms with E-state index in [9.17, 15) is 9.59 Å². The summed E-state index contributed by atoms with van der Waals surface area (Å²) in [6, 6.07) is 1.70. The topological polar surface area (TPSA) is 68.7 Å². The molecule has 0 aromatic carbocycles. The highest BCUT2D eigenvalue weighted by atomic mass is 35.5. The molecular weight excluding hydrogens is 308 g/mol. The van der Waals surface area contributed by atoms with Crippen molar-refractivity contribution in [2.75, 3.05) is 19.7 Å². The maximum absolute atomic E-state index is 12.0. The number of esters is 1. The number of hydrogen-bond donors (Lipinski definition) is 0. The number of amides is 1. The summed E-state index contributed by atoms with van der Waals surface area (Å²) in [4.78, 5) is 28.9. The molecule has 1 unspecified atom stereocenters. The van der Waals surface area contributed by atoms with Crippen molar-refractivity contribution >= 4 is 23.5 Å². The number of nitrogens with zero attached hydrogens (tertiary/aromatic N) is 2. The first-order valence-electron chi connectivity index (χ1n) is 7.29. The summed E-state index contributed by atoms with van der Waals surface area (Å²) in [5, 5.41) is 0.453. The molecule has 1 aromatic rings. The molecule has 0 spiro atoms. The lowest BCUT2D eigenvalue weighted by molar-refractivity contribution is -0.145. The van der Waals surface area contributed by atoms with Gasteiger partial charge in [0.05, 0.1) is 19.6 Å². The van der Waals surface area contributed by atoms with E-state index >= 15 is 0 Å². The van der Waals surface area contributed by atoms with Gasteiger partial charge in [-0.05, 0) is 6.92 Å². The summed E-state index contributed by atoms with van der Waals surface area (Å²) in [6.45, 7) is 3.20. The Bertz CT molecular complexity index is 538. The van der Waals surface area contributed by atoms with Crippen LogP contribution < -0.4 is 4.74 Å². The van der Waals surface area contributed by atoms with E-state index in [2.05, 4.69) is 4.98 Å². The normalized spacial score (nSPS) is 17.4. The van der Waals surface area contributed by atoms with Gasteiger partial charge in [0.2, 0.25) is 5.91 Å². The lowest BCUT2D eigenvalue weighted by Gasteiger charge is -2.17. The summed E-state index contributed by atoms with van der Waals surface area (Å²) >= 11 is 6.00. The fourth-order valence-corrected chi connectivity index (χ4v) is 2.45. The maximum atomic E-state index is 12.0. The van der Waals surface area contributed by atoms with Gasteiger partial charge in [0.1, 0.15) is 16.9 Å². The number of rotatable bonds is 6. The van der Waals surface area contributed by atoms with Gasteiger partial charge in [-0.15, -0.1) is 0 Å². The van der Waals surface area contributed by atoms with E-state index in [1.807, 2.05) is 0 Å². The number of halogens is 1. The highest BCUT2D eigenvalue weighted by Crippen LogP contribution is 2.25. The Morgan fingerprint density at radius 3 is 3.00 bits per heavy atom. The van der Waals surface area contributed by atoms with Crippen molar-refractivity contribution in [2.24, 2.45) is 0 Å². The number of aromatic nitrogens is 1. The molecule has 22 heavy (non-hydrogen) atoms. The van der Waals surface area contributed by atoms with Crippen molar-refractivity contribution in [3.8, 4) is 5.75 Å². The molecule has 0 N–H and O–H groups in total. The van der Waals surface area contributed by atoms with E-state index < -0.39 is 0 Å². The summed E-state index contributed by atoms with van der Waals surface area (Å²) in [6.07, 6.45) is 4.06. The molecule has 1 aliphatic heterocycles. The first kappa shape index (κ1) is 16.5. The van der Waals surface area contributed by atoms with E-state index in [4.69, 9.17) is 21.1 Å². The third-order valence-electron chi connectivity index (χ3n) is 3.37. The van der Waals surface area contributed by atoms with Crippen molar-refractivity contribution in [1.82, 2.24) is 9.88 Å². The molecule has 1 aromatic heterocycles. The lowest BCUT2D eigenvalue weighted by atomic mass is 10.3. The van der Waals surface area contributed by atoms with Crippen LogP contribution in [0.3, 0.4) is 0 Å². The van der Waals surface area contributed by atoms with Crippen LogP contribution in [0.2, 0.25) is 5.02 Å². The second-order valence-electron chi connectivity index (χ2n) is 4.98. The van der Waals surface area contributed by atoms with Crippen LogP contribution in [0.1, 0.15) is 26.2 Å². The van der Waals surface area contributed by atoms with E-state index in [0.29, 0.717) is 30.5 Å². The third kappa shape index (κ3) is 4.59. The minimum atomic E-state index is -0.341. The second-order valence-corrected chi connectivity index (χ2v) is 5.39. The van der Waals surface area contributed by atoms with Crippen LogP contribution >= 0.6 is 11.6 Å². The minimum absolute atomic E-state index is 0.0556. The van der Waals surface area contributed by atoms with Crippen LogP contribution in [-0.4, -0.2) is 47.6 Å². The van der Waals surface area contributed by atoms with Gasteiger partial charge in [0.15, 0.2) is 0 Å². The molecule has 1 aliphatic rings. The zero-order valence-corrected chi connectivity index (χ0v) is 13.2. The smallest absolute Gasteiger partial charge is 0.306 e. The van der Waals surface area contributed by atoms with Crippen LogP contribution in [-0.2, 0) is 14.3 Å². The maximum Gasteiger partial charge on any atom is 0.306 e. The van der Waals surface area contributed by atoms with Crippen molar-refractivity contribution in [2.45, 2.75) is 32.3 Å². The van der Waals surface area contributed by atoms with Gasteiger partial charge in [-0.3, -0.25) is 14.6 Å². The fraction of sp³-hybridized carbons (Fsp3) is 0.533. The number of pyridine rings is 1. The van der Waals surface area contributed by atoms with Crippen molar-refractivity contribution in [3.05, 3.63) is 23.5 Å². The van der Waals surface area contributed by atoms with E-state index in [1.165, 1.54) is 6.20 Å². The van der Waals surface area contributed by atoms with Gasteiger partial charge >= 0.3 is 5.97 Å². The van der Waals surface area contributed by atoms with E-state index in [0.717, 1.165) is 6.42 Å². The Hall–Kier alpha value is -1.82.